The summed E-state index contributed by atoms with van der Waals surface area (Å²) in [5, 5.41) is 9.32. The normalized spacial score (nSPS) is 22.5. The maximum Gasteiger partial charge on any atom is 0.266 e. The van der Waals surface area contributed by atoms with Crippen LogP contribution < -0.4 is 15.8 Å². The van der Waals surface area contributed by atoms with Crippen molar-refractivity contribution >= 4 is 34.9 Å². The van der Waals surface area contributed by atoms with Crippen LogP contribution in [0.2, 0.25) is 10.0 Å². The monoisotopic (exact) mass is 540 g/mol. The van der Waals surface area contributed by atoms with Crippen molar-refractivity contribution < 1.29 is 4.79 Å². The number of rotatable bonds is 4. The molecule has 10 heteroatoms. The summed E-state index contributed by atoms with van der Waals surface area (Å²) in [6, 6.07) is 15.2. The lowest BCUT2D eigenvalue weighted by atomic mass is 9.90. The second kappa shape index (κ2) is 11.2. The Morgan fingerprint density at radius 1 is 1.00 bits per heavy atom. The van der Waals surface area contributed by atoms with E-state index in [0.717, 1.165) is 23.6 Å². The predicted octanol–water partition coefficient (Wildman–Crippen LogP) is 3.66. The minimum atomic E-state index is -0.279. The number of benzene rings is 1. The van der Waals surface area contributed by atoms with Crippen LogP contribution >= 0.6 is 23.2 Å². The Hall–Kier alpha value is -2.94. The molecule has 0 aliphatic carbocycles. The van der Waals surface area contributed by atoms with E-state index < -0.39 is 0 Å². The number of carbonyl (C=O) groups is 1. The molecule has 2 fully saturated rings. The van der Waals surface area contributed by atoms with E-state index in [1.54, 1.807) is 19.3 Å². The van der Waals surface area contributed by atoms with Gasteiger partial charge in [0, 0.05) is 74.7 Å². The van der Waals surface area contributed by atoms with E-state index >= 15 is 0 Å². The van der Waals surface area contributed by atoms with Gasteiger partial charge in [0.25, 0.3) is 5.56 Å². The van der Waals surface area contributed by atoms with Crippen LogP contribution in [0.1, 0.15) is 36.1 Å². The van der Waals surface area contributed by atoms with Gasteiger partial charge in [-0.15, -0.1) is 0 Å². The van der Waals surface area contributed by atoms with E-state index in [-0.39, 0.29) is 29.3 Å². The Balaban J connectivity index is 1.32. The third-order valence-electron chi connectivity index (χ3n) is 7.31. The van der Waals surface area contributed by atoms with Gasteiger partial charge in [0.1, 0.15) is 5.82 Å². The number of amides is 1. The molecule has 0 bridgehead atoms. The minimum absolute atomic E-state index is 0.107. The molecule has 5 rings (SSSR count). The van der Waals surface area contributed by atoms with Crippen molar-refractivity contribution in [3.05, 3.63) is 86.4 Å². The molecule has 0 saturated carbocycles. The molecule has 1 aromatic carbocycles. The molecule has 4 heterocycles. The molecular formula is C27H30Cl2N6O2. The van der Waals surface area contributed by atoms with Gasteiger partial charge < -0.3 is 15.1 Å². The average Bonchev–Trinajstić information content (AvgIpc) is 3.32. The quantitative estimate of drug-likeness (QED) is 0.543. The maximum atomic E-state index is 13.9. The number of nitrogens with one attached hydrogen (secondary N) is 1. The van der Waals surface area contributed by atoms with Gasteiger partial charge in [0.05, 0.1) is 10.9 Å². The van der Waals surface area contributed by atoms with Crippen molar-refractivity contribution in [1.29, 1.82) is 0 Å². The van der Waals surface area contributed by atoms with Crippen LogP contribution in [-0.2, 0) is 11.8 Å². The van der Waals surface area contributed by atoms with Crippen molar-refractivity contribution in [2.24, 2.45) is 13.0 Å². The van der Waals surface area contributed by atoms with Crippen LogP contribution in [0.15, 0.2) is 59.5 Å². The second-order valence-electron chi connectivity index (χ2n) is 9.70. The molecule has 2 saturated heterocycles. The van der Waals surface area contributed by atoms with Gasteiger partial charge in [-0.2, -0.15) is 5.10 Å². The summed E-state index contributed by atoms with van der Waals surface area (Å²) < 4.78 is 1.32. The lowest BCUT2D eigenvalue weighted by Crippen LogP contribution is -2.45. The number of nitrogens with zero attached hydrogens (tertiary/aromatic N) is 5. The van der Waals surface area contributed by atoms with Crippen molar-refractivity contribution in [3.63, 3.8) is 0 Å². The number of anilines is 1. The summed E-state index contributed by atoms with van der Waals surface area (Å²) in [4.78, 5) is 34.4. The first-order valence-corrected chi connectivity index (χ1v) is 13.3. The summed E-state index contributed by atoms with van der Waals surface area (Å²) in [6.07, 6.45) is 3.46. The molecular weight excluding hydrogens is 511 g/mol. The fourth-order valence-corrected chi connectivity index (χ4v) is 5.55. The van der Waals surface area contributed by atoms with Gasteiger partial charge in [-0.05, 0) is 48.7 Å². The van der Waals surface area contributed by atoms with Crippen LogP contribution in [-0.4, -0.2) is 58.3 Å². The van der Waals surface area contributed by atoms with Crippen molar-refractivity contribution in [3.8, 4) is 0 Å². The van der Waals surface area contributed by atoms with Crippen LogP contribution in [0.4, 0.5) is 5.82 Å². The third-order valence-corrected chi connectivity index (χ3v) is 7.79. The van der Waals surface area contributed by atoms with Gasteiger partial charge in [0.15, 0.2) is 0 Å². The molecule has 2 aliphatic rings. The molecule has 0 spiro atoms. The third kappa shape index (κ3) is 5.81. The highest BCUT2D eigenvalue weighted by Crippen LogP contribution is 2.35. The first-order chi connectivity index (χ1) is 17.9. The first kappa shape index (κ1) is 25.7. The zero-order chi connectivity index (χ0) is 25.9. The highest BCUT2D eigenvalue weighted by atomic mass is 35.5. The van der Waals surface area contributed by atoms with E-state index in [4.69, 9.17) is 23.2 Å². The summed E-state index contributed by atoms with van der Waals surface area (Å²) >= 11 is 12.1. The predicted molar refractivity (Wildman–Crippen MR) is 145 cm³/mol. The topological polar surface area (TPSA) is 83.4 Å². The highest BCUT2D eigenvalue weighted by molar-refractivity contribution is 6.30. The van der Waals surface area contributed by atoms with Gasteiger partial charge >= 0.3 is 0 Å². The van der Waals surface area contributed by atoms with E-state index in [1.165, 1.54) is 16.3 Å². The smallest absolute Gasteiger partial charge is 0.266 e. The van der Waals surface area contributed by atoms with E-state index in [1.807, 2.05) is 29.2 Å². The van der Waals surface area contributed by atoms with Crippen molar-refractivity contribution in [2.75, 3.05) is 37.6 Å². The van der Waals surface area contributed by atoms with Crippen molar-refractivity contribution in [1.82, 2.24) is 25.0 Å². The lowest BCUT2D eigenvalue weighted by Gasteiger charge is -2.32. The Morgan fingerprint density at radius 2 is 1.78 bits per heavy atom. The Kier molecular flexibility index (Phi) is 7.79. The maximum absolute atomic E-state index is 13.9. The summed E-state index contributed by atoms with van der Waals surface area (Å²) in [6.45, 7) is 3.15. The number of hydrogen-bond acceptors (Lipinski definition) is 6. The molecule has 0 unspecified atom stereocenters. The van der Waals surface area contributed by atoms with E-state index in [9.17, 15) is 9.59 Å². The molecule has 1 N–H and O–H groups in total. The average molecular weight is 541 g/mol. The van der Waals surface area contributed by atoms with Gasteiger partial charge in [-0.25, -0.2) is 4.68 Å². The molecule has 0 radical (unpaired) electrons. The number of hydrogen-bond donors (Lipinski definition) is 1. The lowest BCUT2D eigenvalue weighted by molar-refractivity contribution is -0.135. The Morgan fingerprint density at radius 3 is 2.51 bits per heavy atom. The Labute approximate surface area is 226 Å². The van der Waals surface area contributed by atoms with Crippen LogP contribution in [0.25, 0.3) is 0 Å². The standard InChI is InChI=1S/C27H30Cl2N6O2/c1-33-26(36)11-10-25(32-33)35-16-21(24-9-8-20(29)15-31-24)22(17-35)27(37)34-13-2-3-23(30-12-14-34)18-4-6-19(28)7-5-18/h4-11,15,21-23,30H,2-3,12-14,16-17H2,1H3/t21-,22-,23+/m1/s1. The van der Waals surface area contributed by atoms with E-state index in [0.29, 0.717) is 43.6 Å². The van der Waals surface area contributed by atoms with Gasteiger partial charge in [-0.3, -0.25) is 14.6 Å². The number of halogens is 2. The fourth-order valence-electron chi connectivity index (χ4n) is 5.31. The van der Waals surface area contributed by atoms with Gasteiger partial charge in [-0.1, -0.05) is 35.3 Å². The summed E-state index contributed by atoms with van der Waals surface area (Å²) in [7, 11) is 1.63. The SMILES string of the molecule is Cn1nc(N2C[C@@H](C(=O)N3CCC[C@@H](c4ccc(Cl)cc4)NCC3)[C@H](c3ccc(Cl)cn3)C2)ccc1=O. The molecule has 37 heavy (non-hydrogen) atoms. The minimum Gasteiger partial charge on any atom is -0.354 e. The summed E-state index contributed by atoms with van der Waals surface area (Å²) in [5.74, 6) is 0.417. The van der Waals surface area contributed by atoms with Crippen LogP contribution in [0.5, 0.6) is 0 Å². The number of carbonyl (C=O) groups excluding carboxylic acids is 1. The fraction of sp³-hybridized carbons (Fsp3) is 0.407. The summed E-state index contributed by atoms with van der Waals surface area (Å²) in [5.41, 5.74) is 1.88. The molecule has 194 valence electrons. The van der Waals surface area contributed by atoms with Crippen molar-refractivity contribution in [2.45, 2.75) is 24.8 Å². The molecule has 2 aromatic heterocycles. The molecule has 3 aromatic rings. The first-order valence-electron chi connectivity index (χ1n) is 12.6. The largest absolute Gasteiger partial charge is 0.354 e. The molecule has 3 atom stereocenters. The van der Waals surface area contributed by atoms with Gasteiger partial charge in [0.2, 0.25) is 5.91 Å². The Bertz CT molecular complexity index is 1290. The highest BCUT2D eigenvalue weighted by Gasteiger charge is 2.42. The number of aryl methyl sites for hydroxylation is 1. The molecule has 8 nitrogen and oxygen atoms in total. The van der Waals surface area contributed by atoms with Crippen LogP contribution in [0, 0.1) is 5.92 Å². The number of pyridine rings is 1. The zero-order valence-electron chi connectivity index (χ0n) is 20.7. The zero-order valence-corrected chi connectivity index (χ0v) is 22.2. The molecule has 1 amide bonds. The number of aromatic nitrogens is 3. The van der Waals surface area contributed by atoms with Crippen LogP contribution in [0.3, 0.4) is 0 Å². The second-order valence-corrected chi connectivity index (χ2v) is 10.6. The van der Waals surface area contributed by atoms with E-state index in [2.05, 4.69) is 32.4 Å². The molecule has 2 aliphatic heterocycles.